The van der Waals surface area contributed by atoms with Crippen LogP contribution in [0.3, 0.4) is 0 Å². The van der Waals surface area contributed by atoms with Crippen molar-refractivity contribution in [2.24, 2.45) is 0 Å². The highest BCUT2D eigenvalue weighted by Gasteiger charge is 2.10. The second-order valence-electron chi connectivity index (χ2n) is 3.80. The van der Waals surface area contributed by atoms with Crippen LogP contribution in [0.2, 0.25) is 0 Å². The summed E-state index contributed by atoms with van der Waals surface area (Å²) in [6, 6.07) is 12.3. The summed E-state index contributed by atoms with van der Waals surface area (Å²) in [4.78, 5) is 11.5. The standard InChI is InChI=1S/C14H12INO3/c1-18-14(17)9-2-7-12(16)13(8-9)19-11-5-3-10(15)4-6-11/h2-8H,16H2,1H3. The average molecular weight is 369 g/mol. The minimum atomic E-state index is -0.424. The Morgan fingerprint density at radius 2 is 1.84 bits per heavy atom. The molecule has 0 unspecified atom stereocenters. The molecule has 0 aliphatic carbocycles. The van der Waals surface area contributed by atoms with Crippen LogP contribution in [0.4, 0.5) is 5.69 Å². The number of esters is 1. The molecule has 0 amide bonds. The quantitative estimate of drug-likeness (QED) is 0.512. The lowest BCUT2D eigenvalue weighted by Gasteiger charge is -2.09. The molecular weight excluding hydrogens is 357 g/mol. The smallest absolute Gasteiger partial charge is 0.337 e. The zero-order valence-corrected chi connectivity index (χ0v) is 12.4. The van der Waals surface area contributed by atoms with Crippen molar-refractivity contribution in [1.29, 1.82) is 0 Å². The van der Waals surface area contributed by atoms with Crippen molar-refractivity contribution in [3.05, 3.63) is 51.6 Å². The molecule has 0 aliphatic rings. The first-order chi connectivity index (χ1) is 9.10. The number of hydrogen-bond donors (Lipinski definition) is 1. The summed E-state index contributed by atoms with van der Waals surface area (Å²) < 4.78 is 11.4. The third-order valence-electron chi connectivity index (χ3n) is 2.48. The topological polar surface area (TPSA) is 61.5 Å². The number of nitrogens with two attached hydrogens (primary N) is 1. The first kappa shape index (κ1) is 13.7. The molecule has 0 fully saturated rings. The van der Waals surface area contributed by atoms with Gasteiger partial charge >= 0.3 is 5.97 Å². The van der Waals surface area contributed by atoms with Crippen LogP contribution in [-0.4, -0.2) is 13.1 Å². The molecule has 0 heterocycles. The maximum Gasteiger partial charge on any atom is 0.337 e. The second-order valence-corrected chi connectivity index (χ2v) is 5.05. The summed E-state index contributed by atoms with van der Waals surface area (Å²) in [5.41, 5.74) is 6.69. The average Bonchev–Trinajstić information content (AvgIpc) is 2.43. The minimum absolute atomic E-state index is 0.400. The molecule has 0 bridgehead atoms. The number of carbonyl (C=O) groups excluding carboxylic acids is 1. The van der Waals surface area contributed by atoms with Gasteiger partial charge in [0.2, 0.25) is 0 Å². The molecular formula is C14H12INO3. The van der Waals surface area contributed by atoms with Crippen molar-refractivity contribution in [3.63, 3.8) is 0 Å². The predicted molar refractivity (Wildman–Crippen MR) is 81.4 cm³/mol. The van der Waals surface area contributed by atoms with Gasteiger partial charge in [-0.25, -0.2) is 4.79 Å². The Hall–Kier alpha value is -1.76. The van der Waals surface area contributed by atoms with Crippen molar-refractivity contribution in [1.82, 2.24) is 0 Å². The minimum Gasteiger partial charge on any atom is -0.465 e. The molecule has 98 valence electrons. The van der Waals surface area contributed by atoms with Crippen molar-refractivity contribution in [2.45, 2.75) is 0 Å². The van der Waals surface area contributed by atoms with E-state index in [1.54, 1.807) is 18.2 Å². The molecule has 0 aromatic heterocycles. The highest BCUT2D eigenvalue weighted by Crippen LogP contribution is 2.29. The fourth-order valence-electron chi connectivity index (χ4n) is 1.50. The van der Waals surface area contributed by atoms with Gasteiger partial charge in [0.25, 0.3) is 0 Å². The van der Waals surface area contributed by atoms with Crippen molar-refractivity contribution < 1.29 is 14.3 Å². The van der Waals surface area contributed by atoms with Crippen LogP contribution in [0.1, 0.15) is 10.4 Å². The fraction of sp³-hybridized carbons (Fsp3) is 0.0714. The van der Waals surface area contributed by atoms with Crippen molar-refractivity contribution in [3.8, 4) is 11.5 Å². The number of nitrogen functional groups attached to an aromatic ring is 1. The highest BCUT2D eigenvalue weighted by molar-refractivity contribution is 14.1. The van der Waals surface area contributed by atoms with Crippen molar-refractivity contribution in [2.75, 3.05) is 12.8 Å². The largest absolute Gasteiger partial charge is 0.465 e. The van der Waals surface area contributed by atoms with Gasteiger partial charge in [-0.15, -0.1) is 0 Å². The van der Waals surface area contributed by atoms with Crippen LogP contribution < -0.4 is 10.5 Å². The molecule has 5 heteroatoms. The van der Waals surface area contributed by atoms with Gasteiger partial charge in [0, 0.05) is 3.57 Å². The summed E-state index contributed by atoms with van der Waals surface area (Å²) in [6.07, 6.45) is 0. The van der Waals surface area contributed by atoms with E-state index in [4.69, 9.17) is 10.5 Å². The lowest BCUT2D eigenvalue weighted by atomic mass is 10.2. The van der Waals surface area contributed by atoms with E-state index in [-0.39, 0.29) is 0 Å². The van der Waals surface area contributed by atoms with Gasteiger partial charge < -0.3 is 15.2 Å². The molecule has 2 N–H and O–H groups in total. The molecule has 2 aromatic carbocycles. The maximum atomic E-state index is 11.5. The number of anilines is 1. The zero-order valence-electron chi connectivity index (χ0n) is 10.2. The van der Waals surface area contributed by atoms with Gasteiger partial charge in [-0.05, 0) is 65.1 Å². The van der Waals surface area contributed by atoms with Crippen LogP contribution in [0.5, 0.6) is 11.5 Å². The van der Waals surface area contributed by atoms with E-state index < -0.39 is 5.97 Å². The number of rotatable bonds is 3. The van der Waals surface area contributed by atoms with Gasteiger partial charge in [0.1, 0.15) is 5.75 Å². The zero-order chi connectivity index (χ0) is 13.8. The Morgan fingerprint density at radius 3 is 2.47 bits per heavy atom. The first-order valence-corrected chi connectivity index (χ1v) is 6.59. The molecule has 19 heavy (non-hydrogen) atoms. The van der Waals surface area contributed by atoms with E-state index in [9.17, 15) is 4.79 Å². The maximum absolute atomic E-state index is 11.5. The number of benzene rings is 2. The Balaban J connectivity index is 2.28. The predicted octanol–water partition coefficient (Wildman–Crippen LogP) is 3.45. The third kappa shape index (κ3) is 3.37. The molecule has 0 radical (unpaired) electrons. The number of methoxy groups -OCH3 is 1. The second kappa shape index (κ2) is 5.92. The van der Waals surface area contributed by atoms with Crippen molar-refractivity contribution >= 4 is 34.2 Å². The Bertz CT molecular complexity index is 596. The van der Waals surface area contributed by atoms with Crippen LogP contribution >= 0.6 is 22.6 Å². The molecule has 0 saturated heterocycles. The Labute approximate surface area is 124 Å². The SMILES string of the molecule is COC(=O)c1ccc(N)c(Oc2ccc(I)cc2)c1. The third-order valence-corrected chi connectivity index (χ3v) is 3.20. The van der Waals surface area contributed by atoms with E-state index in [0.717, 1.165) is 3.57 Å². The van der Waals surface area contributed by atoms with Gasteiger partial charge in [0.05, 0.1) is 18.4 Å². The number of hydrogen-bond acceptors (Lipinski definition) is 4. The van der Waals surface area contributed by atoms with Gasteiger partial charge in [-0.2, -0.15) is 0 Å². The molecule has 0 spiro atoms. The fourth-order valence-corrected chi connectivity index (χ4v) is 1.86. The van der Waals surface area contributed by atoms with E-state index in [1.807, 2.05) is 24.3 Å². The molecule has 2 rings (SSSR count). The van der Waals surface area contributed by atoms with Gasteiger partial charge in [-0.1, -0.05) is 0 Å². The van der Waals surface area contributed by atoms with Gasteiger partial charge in [0.15, 0.2) is 5.75 Å². The van der Waals surface area contributed by atoms with E-state index in [0.29, 0.717) is 22.7 Å². The monoisotopic (exact) mass is 369 g/mol. The van der Waals surface area contributed by atoms with Gasteiger partial charge in [-0.3, -0.25) is 0 Å². The molecule has 0 atom stereocenters. The molecule has 2 aromatic rings. The van der Waals surface area contributed by atoms with Crippen LogP contribution in [0.25, 0.3) is 0 Å². The summed E-state index contributed by atoms with van der Waals surface area (Å²) in [7, 11) is 1.33. The van der Waals surface area contributed by atoms with E-state index >= 15 is 0 Å². The Kier molecular flexibility index (Phi) is 4.26. The highest BCUT2D eigenvalue weighted by atomic mass is 127. The lowest BCUT2D eigenvalue weighted by molar-refractivity contribution is 0.0600. The van der Waals surface area contributed by atoms with Crippen LogP contribution in [0.15, 0.2) is 42.5 Å². The number of halogens is 1. The molecule has 0 aliphatic heterocycles. The number of carbonyl (C=O) groups is 1. The molecule has 4 nitrogen and oxygen atoms in total. The number of ether oxygens (including phenoxy) is 2. The summed E-state index contributed by atoms with van der Waals surface area (Å²) in [5, 5.41) is 0. The lowest BCUT2D eigenvalue weighted by Crippen LogP contribution is -2.02. The summed E-state index contributed by atoms with van der Waals surface area (Å²) in [5.74, 6) is 0.672. The Morgan fingerprint density at radius 1 is 1.16 bits per heavy atom. The summed E-state index contributed by atoms with van der Waals surface area (Å²) >= 11 is 2.21. The van der Waals surface area contributed by atoms with Crippen LogP contribution in [-0.2, 0) is 4.74 Å². The van der Waals surface area contributed by atoms with E-state index in [2.05, 4.69) is 27.3 Å². The first-order valence-electron chi connectivity index (χ1n) is 5.51. The van der Waals surface area contributed by atoms with E-state index in [1.165, 1.54) is 7.11 Å². The van der Waals surface area contributed by atoms with Crippen LogP contribution in [0, 0.1) is 3.57 Å². The summed E-state index contributed by atoms with van der Waals surface area (Å²) in [6.45, 7) is 0. The molecule has 0 saturated carbocycles. The normalized spacial score (nSPS) is 10.0.